The SMILES string of the molecule is C=Cc1c(C)c2[nH]c1=CC1=NC(=CC3=C(C)C4=C(O)CC(=C5N=C(C=2)C(C)=C5CC(=O)OC)C4=N3)C(CC)=C1C. The van der Waals surface area contributed by atoms with Gasteiger partial charge < -0.3 is 14.8 Å². The lowest BCUT2D eigenvalue weighted by Gasteiger charge is -2.09. The van der Waals surface area contributed by atoms with Crippen molar-refractivity contribution < 1.29 is 14.6 Å². The Morgan fingerprint density at radius 1 is 1.02 bits per heavy atom. The number of carbonyl (C=O) groups is 1. The van der Waals surface area contributed by atoms with Crippen molar-refractivity contribution in [3.05, 3.63) is 96.3 Å². The Kier molecular flexibility index (Phi) is 5.98. The first kappa shape index (κ1) is 25.7. The molecule has 0 fully saturated rings. The fraction of sp³-hybridized carbons (Fsp3) is 0.273. The monoisotopic (exact) mass is 532 g/mol. The lowest BCUT2D eigenvalue weighted by molar-refractivity contribution is -0.139. The summed E-state index contributed by atoms with van der Waals surface area (Å²) in [5.41, 5.74) is 13.2. The molecule has 1 aliphatic carbocycles. The highest BCUT2D eigenvalue weighted by Gasteiger charge is 2.37. The number of carbonyl (C=O) groups excluding carboxylic acids is 1. The largest absolute Gasteiger partial charge is 0.511 e. The molecule has 6 rings (SSSR count). The molecule has 1 aromatic heterocycles. The summed E-state index contributed by atoms with van der Waals surface area (Å²) in [6, 6.07) is 0. The van der Waals surface area contributed by atoms with Gasteiger partial charge in [0.05, 0.1) is 47.8 Å². The number of hydrogen-bond acceptors (Lipinski definition) is 6. The minimum atomic E-state index is -0.343. The molecular weight excluding hydrogens is 500 g/mol. The van der Waals surface area contributed by atoms with Crippen LogP contribution in [-0.2, 0) is 9.53 Å². The van der Waals surface area contributed by atoms with E-state index in [0.29, 0.717) is 17.8 Å². The maximum atomic E-state index is 12.5. The van der Waals surface area contributed by atoms with Crippen LogP contribution in [0, 0.1) is 6.92 Å². The predicted molar refractivity (Wildman–Crippen MR) is 161 cm³/mol. The van der Waals surface area contributed by atoms with Crippen molar-refractivity contribution in [2.45, 2.75) is 53.9 Å². The number of ether oxygens (including phenoxy) is 1. The number of fused-ring (bicyclic) bond motifs is 5. The van der Waals surface area contributed by atoms with Crippen LogP contribution in [0.2, 0.25) is 0 Å². The fourth-order valence-electron chi connectivity index (χ4n) is 6.15. The molecule has 40 heavy (non-hydrogen) atoms. The number of nitrogens with one attached hydrogen (secondary N) is 1. The van der Waals surface area contributed by atoms with Crippen molar-refractivity contribution in [2.75, 3.05) is 7.11 Å². The first-order valence-corrected chi connectivity index (χ1v) is 13.5. The number of aromatic amines is 1. The molecule has 0 saturated carbocycles. The number of rotatable bonds is 4. The molecule has 0 atom stereocenters. The summed E-state index contributed by atoms with van der Waals surface area (Å²) in [7, 11) is 1.39. The Bertz CT molecular complexity index is 1870. The average molecular weight is 533 g/mol. The van der Waals surface area contributed by atoms with E-state index >= 15 is 0 Å². The molecule has 0 aromatic carbocycles. The van der Waals surface area contributed by atoms with E-state index in [1.807, 2.05) is 32.1 Å². The first-order chi connectivity index (χ1) is 19.2. The maximum absolute atomic E-state index is 12.5. The van der Waals surface area contributed by atoms with Crippen LogP contribution in [0.15, 0.2) is 89.5 Å². The van der Waals surface area contributed by atoms with Crippen LogP contribution in [-0.4, -0.2) is 40.3 Å². The minimum absolute atomic E-state index is 0.0798. The quantitative estimate of drug-likeness (QED) is 0.526. The summed E-state index contributed by atoms with van der Waals surface area (Å²) in [4.78, 5) is 31.2. The van der Waals surface area contributed by atoms with Gasteiger partial charge in [0, 0.05) is 33.8 Å². The van der Waals surface area contributed by atoms with Crippen molar-refractivity contribution in [1.82, 2.24) is 4.98 Å². The fourth-order valence-corrected chi connectivity index (χ4v) is 6.15. The molecule has 7 nitrogen and oxygen atoms in total. The normalized spacial score (nSPS) is 19.6. The van der Waals surface area contributed by atoms with Crippen molar-refractivity contribution in [3.8, 4) is 0 Å². The average Bonchev–Trinajstić information content (AvgIpc) is 3.67. The Balaban J connectivity index is 1.71. The van der Waals surface area contributed by atoms with Gasteiger partial charge in [0.15, 0.2) is 0 Å². The molecule has 202 valence electrons. The van der Waals surface area contributed by atoms with Crippen molar-refractivity contribution in [3.63, 3.8) is 0 Å². The van der Waals surface area contributed by atoms with E-state index in [1.54, 1.807) is 0 Å². The molecule has 0 amide bonds. The maximum Gasteiger partial charge on any atom is 0.310 e. The van der Waals surface area contributed by atoms with E-state index < -0.39 is 0 Å². The third kappa shape index (κ3) is 3.72. The van der Waals surface area contributed by atoms with Gasteiger partial charge >= 0.3 is 5.97 Å². The van der Waals surface area contributed by atoms with Crippen molar-refractivity contribution in [1.29, 1.82) is 0 Å². The van der Waals surface area contributed by atoms with Crippen LogP contribution in [0.3, 0.4) is 0 Å². The second kappa shape index (κ2) is 9.30. The van der Waals surface area contributed by atoms with Gasteiger partial charge in [0.25, 0.3) is 0 Å². The van der Waals surface area contributed by atoms with Crippen LogP contribution >= 0.6 is 0 Å². The Morgan fingerprint density at radius 3 is 2.42 bits per heavy atom. The van der Waals surface area contributed by atoms with Crippen molar-refractivity contribution >= 4 is 41.3 Å². The number of allylic oxidation sites excluding steroid dienone is 8. The van der Waals surface area contributed by atoms with E-state index in [4.69, 9.17) is 19.7 Å². The highest BCUT2D eigenvalue weighted by Crippen LogP contribution is 2.44. The Labute approximate surface area is 233 Å². The smallest absolute Gasteiger partial charge is 0.310 e. The number of methoxy groups -OCH3 is 1. The van der Waals surface area contributed by atoms with Gasteiger partial charge in [-0.3, -0.25) is 4.79 Å². The summed E-state index contributed by atoms with van der Waals surface area (Å²) >= 11 is 0. The number of hydrogen-bond donors (Lipinski definition) is 2. The number of aliphatic imine (C=N–C) groups is 3. The Morgan fingerprint density at radius 2 is 1.73 bits per heavy atom. The van der Waals surface area contributed by atoms with Gasteiger partial charge in [-0.2, -0.15) is 0 Å². The molecule has 5 heterocycles. The van der Waals surface area contributed by atoms with E-state index in [-0.39, 0.29) is 18.1 Å². The number of nitrogens with zero attached hydrogens (tertiary/aromatic N) is 3. The predicted octanol–water partition coefficient (Wildman–Crippen LogP) is 5.14. The van der Waals surface area contributed by atoms with E-state index in [0.717, 1.165) is 84.5 Å². The van der Waals surface area contributed by atoms with Gasteiger partial charge in [-0.25, -0.2) is 15.0 Å². The van der Waals surface area contributed by atoms with Gasteiger partial charge in [-0.1, -0.05) is 19.6 Å². The molecule has 2 N–H and O–H groups in total. The van der Waals surface area contributed by atoms with Crippen LogP contribution in [0.4, 0.5) is 0 Å². The first-order valence-electron chi connectivity index (χ1n) is 13.5. The number of aliphatic hydroxyl groups excluding tert-OH is 1. The lowest BCUT2D eigenvalue weighted by atomic mass is 9.97. The summed E-state index contributed by atoms with van der Waals surface area (Å²) in [5.74, 6) is -0.0769. The van der Waals surface area contributed by atoms with Gasteiger partial charge in [0.1, 0.15) is 5.76 Å². The number of esters is 1. The zero-order chi connectivity index (χ0) is 28.5. The van der Waals surface area contributed by atoms with Gasteiger partial charge in [0.2, 0.25) is 0 Å². The summed E-state index contributed by atoms with van der Waals surface area (Å²) < 4.78 is 5.03. The molecule has 0 spiro atoms. The summed E-state index contributed by atoms with van der Waals surface area (Å²) in [6.45, 7) is 14.3. The molecule has 8 bridgehead atoms. The molecule has 0 saturated heterocycles. The molecule has 7 heteroatoms. The van der Waals surface area contributed by atoms with E-state index in [2.05, 4.69) is 38.4 Å². The molecular formula is C33H32N4O3. The summed E-state index contributed by atoms with van der Waals surface area (Å²) in [6.07, 6.45) is 9.20. The summed E-state index contributed by atoms with van der Waals surface area (Å²) in [5, 5.41) is 12.9. The second-order valence-corrected chi connectivity index (χ2v) is 10.6. The standard InChI is InChI=1S/C33H32N4O3/c1-8-19-15(3)23-12-25-17(5)21(11-30(39)40-7)32(36-25)22-10-29(38)31-18(6)26(37-33(22)31)14-28-20(9-2)16(4)24(35-28)13-27(19)34-23/h8,12-14,34,38H,1,9-11H2,2-7H3. The number of aromatic nitrogens is 1. The number of aliphatic hydroxyl groups is 1. The Hall–Kier alpha value is -4.52. The zero-order valence-corrected chi connectivity index (χ0v) is 23.7. The van der Waals surface area contributed by atoms with E-state index in [1.165, 1.54) is 12.7 Å². The van der Waals surface area contributed by atoms with Gasteiger partial charge in [-0.15, -0.1) is 0 Å². The van der Waals surface area contributed by atoms with E-state index in [9.17, 15) is 9.90 Å². The van der Waals surface area contributed by atoms with Crippen LogP contribution in [0.5, 0.6) is 0 Å². The minimum Gasteiger partial charge on any atom is -0.511 e. The third-order valence-electron chi connectivity index (χ3n) is 8.48. The second-order valence-electron chi connectivity index (χ2n) is 10.6. The topological polar surface area (TPSA) is 99.4 Å². The van der Waals surface area contributed by atoms with Crippen LogP contribution in [0.25, 0.3) is 18.2 Å². The molecule has 0 unspecified atom stereocenters. The highest BCUT2D eigenvalue weighted by molar-refractivity contribution is 6.26. The molecule has 5 aliphatic rings. The highest BCUT2D eigenvalue weighted by atomic mass is 16.5. The van der Waals surface area contributed by atoms with Gasteiger partial charge in [-0.05, 0) is 85.8 Å². The van der Waals surface area contributed by atoms with Crippen molar-refractivity contribution in [2.24, 2.45) is 15.0 Å². The number of H-pyrrole nitrogens is 1. The van der Waals surface area contributed by atoms with Crippen LogP contribution in [0.1, 0.15) is 58.1 Å². The lowest BCUT2D eigenvalue weighted by Crippen LogP contribution is -2.15. The molecule has 0 radical (unpaired) electrons. The third-order valence-corrected chi connectivity index (χ3v) is 8.48. The molecule has 1 aromatic rings. The zero-order valence-electron chi connectivity index (χ0n) is 23.7. The van der Waals surface area contributed by atoms with Crippen LogP contribution < -0.4 is 10.7 Å². The molecule has 4 aliphatic heterocycles.